The van der Waals surface area contributed by atoms with E-state index in [2.05, 4.69) is 4.98 Å². The maximum Gasteiger partial charge on any atom is 0.157 e. The average molecular weight is 214 g/mol. The summed E-state index contributed by atoms with van der Waals surface area (Å²) in [6.45, 7) is 0. The standard InChI is InChI=1S/C9H7BN4S/c10-9-13-5-6(15-9)8(12)14-4-2-1-3-7(14)11/h1-5,11-12H. The van der Waals surface area contributed by atoms with E-state index in [0.29, 0.717) is 9.78 Å². The number of rotatable bonds is 1. The third-order valence-corrected chi connectivity index (χ3v) is 2.69. The summed E-state index contributed by atoms with van der Waals surface area (Å²) in [6, 6.07) is 5.16. The molecule has 0 bridgehead atoms. The van der Waals surface area contributed by atoms with Gasteiger partial charge in [0.1, 0.15) is 11.3 Å². The molecule has 0 saturated carbocycles. The lowest BCUT2D eigenvalue weighted by atomic mass is 10.2. The molecule has 0 fully saturated rings. The highest BCUT2D eigenvalue weighted by Gasteiger charge is 2.06. The van der Waals surface area contributed by atoms with Crippen molar-refractivity contribution in [2.75, 3.05) is 0 Å². The van der Waals surface area contributed by atoms with Crippen LogP contribution in [0.3, 0.4) is 0 Å². The van der Waals surface area contributed by atoms with Gasteiger partial charge in [0.15, 0.2) is 7.85 Å². The van der Waals surface area contributed by atoms with Crippen molar-refractivity contribution in [3.63, 3.8) is 0 Å². The molecule has 6 heteroatoms. The van der Waals surface area contributed by atoms with Crippen LogP contribution in [0.1, 0.15) is 4.88 Å². The first-order valence-corrected chi connectivity index (χ1v) is 5.03. The molecule has 0 aliphatic heterocycles. The van der Waals surface area contributed by atoms with Gasteiger partial charge in [-0.3, -0.25) is 20.4 Å². The summed E-state index contributed by atoms with van der Waals surface area (Å²) in [5.41, 5.74) is 0.259. The molecule has 2 aromatic heterocycles. The first-order chi connectivity index (χ1) is 7.18. The Bertz CT molecular complexity index is 557. The summed E-state index contributed by atoms with van der Waals surface area (Å²) in [6.07, 6.45) is 3.21. The fourth-order valence-corrected chi connectivity index (χ4v) is 1.79. The summed E-state index contributed by atoms with van der Waals surface area (Å²) in [5.74, 6) is 0.217. The van der Waals surface area contributed by atoms with E-state index in [4.69, 9.17) is 18.7 Å². The molecule has 2 N–H and O–H groups in total. The molecule has 15 heavy (non-hydrogen) atoms. The predicted octanol–water partition coefficient (Wildman–Crippen LogP) is 0.0915. The van der Waals surface area contributed by atoms with Crippen LogP contribution in [0.15, 0.2) is 30.6 Å². The zero-order valence-electron chi connectivity index (χ0n) is 7.77. The Morgan fingerprint density at radius 1 is 1.47 bits per heavy atom. The van der Waals surface area contributed by atoms with E-state index in [1.807, 2.05) is 0 Å². The highest BCUT2D eigenvalue weighted by molar-refractivity contribution is 7.21. The van der Waals surface area contributed by atoms with Gasteiger partial charge in [0.05, 0.1) is 4.88 Å². The first kappa shape index (κ1) is 9.85. The van der Waals surface area contributed by atoms with Crippen molar-refractivity contribution < 1.29 is 0 Å². The average Bonchev–Trinajstić information content (AvgIpc) is 2.65. The lowest BCUT2D eigenvalue weighted by molar-refractivity contribution is 0.967. The van der Waals surface area contributed by atoms with Gasteiger partial charge in [-0.2, -0.15) is 0 Å². The van der Waals surface area contributed by atoms with Gasteiger partial charge in [0.25, 0.3) is 0 Å². The smallest absolute Gasteiger partial charge is 0.157 e. The Balaban J connectivity index is 2.46. The summed E-state index contributed by atoms with van der Waals surface area (Å²) in [5, 5.41) is 15.5. The molecule has 0 atom stereocenters. The minimum Gasteiger partial charge on any atom is -0.286 e. The van der Waals surface area contributed by atoms with E-state index in [-0.39, 0.29) is 11.3 Å². The fraction of sp³-hybridized carbons (Fsp3) is 0. The number of aromatic nitrogens is 2. The Kier molecular flexibility index (Phi) is 2.51. The number of nitrogens with one attached hydrogen (secondary N) is 2. The minimum atomic E-state index is 0.217. The molecule has 2 rings (SSSR count). The maximum atomic E-state index is 7.88. The second-order valence-corrected chi connectivity index (χ2v) is 3.93. The van der Waals surface area contributed by atoms with E-state index in [1.165, 1.54) is 15.9 Å². The quantitative estimate of drug-likeness (QED) is 0.394. The molecular weight excluding hydrogens is 207 g/mol. The summed E-state index contributed by atoms with van der Waals surface area (Å²) in [4.78, 5) is 4.95. The highest BCUT2D eigenvalue weighted by atomic mass is 32.1. The Labute approximate surface area is 91.7 Å². The number of pyridine rings is 1. The second-order valence-electron chi connectivity index (χ2n) is 2.87. The van der Waals surface area contributed by atoms with Gasteiger partial charge in [0.2, 0.25) is 0 Å². The second kappa shape index (κ2) is 3.82. The summed E-state index contributed by atoms with van der Waals surface area (Å²) < 4.78 is 1.47. The lowest BCUT2D eigenvalue weighted by Crippen LogP contribution is -2.25. The zero-order chi connectivity index (χ0) is 10.8. The van der Waals surface area contributed by atoms with Crippen molar-refractivity contribution in [3.05, 3.63) is 41.0 Å². The van der Waals surface area contributed by atoms with Crippen LogP contribution in [0.4, 0.5) is 0 Å². The van der Waals surface area contributed by atoms with Gasteiger partial charge in [-0.25, -0.2) is 0 Å². The van der Waals surface area contributed by atoms with Crippen LogP contribution >= 0.6 is 11.3 Å². The van der Waals surface area contributed by atoms with E-state index in [0.717, 1.165) is 0 Å². The Morgan fingerprint density at radius 3 is 2.87 bits per heavy atom. The van der Waals surface area contributed by atoms with Crippen LogP contribution in [0.5, 0.6) is 0 Å². The first-order valence-electron chi connectivity index (χ1n) is 4.21. The number of hydrogen-bond donors (Lipinski definition) is 2. The van der Waals surface area contributed by atoms with Crippen molar-refractivity contribution in [1.29, 1.82) is 10.8 Å². The number of nitrogens with zero attached hydrogens (tertiary/aromatic N) is 2. The van der Waals surface area contributed by atoms with Crippen LogP contribution in [-0.2, 0) is 0 Å². The molecule has 0 unspecified atom stereocenters. The predicted molar refractivity (Wildman–Crippen MR) is 60.0 cm³/mol. The largest absolute Gasteiger partial charge is 0.286 e. The van der Waals surface area contributed by atoms with Crippen LogP contribution in [-0.4, -0.2) is 23.2 Å². The Morgan fingerprint density at radius 2 is 2.27 bits per heavy atom. The van der Waals surface area contributed by atoms with E-state index in [1.54, 1.807) is 30.6 Å². The molecule has 72 valence electrons. The van der Waals surface area contributed by atoms with Gasteiger partial charge < -0.3 is 0 Å². The zero-order valence-corrected chi connectivity index (χ0v) is 8.58. The molecular formula is C9H7BN4S. The molecule has 2 heterocycles. The molecule has 2 aromatic rings. The van der Waals surface area contributed by atoms with E-state index < -0.39 is 0 Å². The molecule has 0 saturated heterocycles. The lowest BCUT2D eigenvalue weighted by Gasteiger charge is -2.04. The SMILES string of the molecule is [B]c1ncc(C(=N)n2ccccc2=N)s1. The van der Waals surface area contributed by atoms with Crippen molar-refractivity contribution in [3.8, 4) is 0 Å². The van der Waals surface area contributed by atoms with Crippen molar-refractivity contribution in [1.82, 2.24) is 9.55 Å². The monoisotopic (exact) mass is 214 g/mol. The van der Waals surface area contributed by atoms with Crippen LogP contribution in [0.2, 0.25) is 0 Å². The fourth-order valence-electron chi connectivity index (χ4n) is 1.15. The normalized spacial score (nSPS) is 10.1. The third kappa shape index (κ3) is 1.89. The van der Waals surface area contributed by atoms with Crippen LogP contribution in [0.25, 0.3) is 0 Å². The summed E-state index contributed by atoms with van der Waals surface area (Å²) in [7, 11) is 5.49. The van der Waals surface area contributed by atoms with E-state index >= 15 is 0 Å². The minimum absolute atomic E-state index is 0.217. The number of hydrogen-bond acceptors (Lipinski definition) is 4. The summed E-state index contributed by atoms with van der Waals surface area (Å²) >= 11 is 1.24. The highest BCUT2D eigenvalue weighted by Crippen LogP contribution is 2.04. The molecule has 2 radical (unpaired) electrons. The number of thiazole rings is 1. The topological polar surface area (TPSA) is 65.5 Å². The van der Waals surface area contributed by atoms with Gasteiger partial charge in [-0.05, 0) is 12.1 Å². The van der Waals surface area contributed by atoms with Crippen molar-refractivity contribution in [2.45, 2.75) is 0 Å². The van der Waals surface area contributed by atoms with Gasteiger partial charge >= 0.3 is 0 Å². The molecule has 0 aliphatic carbocycles. The molecule has 0 aromatic carbocycles. The molecule has 0 amide bonds. The molecule has 0 aliphatic rings. The van der Waals surface area contributed by atoms with Crippen molar-refractivity contribution in [2.24, 2.45) is 0 Å². The van der Waals surface area contributed by atoms with Crippen molar-refractivity contribution >= 4 is 29.9 Å². The van der Waals surface area contributed by atoms with Gasteiger partial charge in [0, 0.05) is 17.3 Å². The van der Waals surface area contributed by atoms with Gasteiger partial charge in [-0.1, -0.05) is 6.07 Å². The van der Waals surface area contributed by atoms with E-state index in [9.17, 15) is 0 Å². The van der Waals surface area contributed by atoms with Crippen LogP contribution in [0, 0.1) is 10.8 Å². The molecule has 0 spiro atoms. The molecule has 4 nitrogen and oxygen atoms in total. The Hall–Kier alpha value is -1.69. The third-order valence-electron chi connectivity index (χ3n) is 1.86. The maximum absolute atomic E-state index is 7.88. The van der Waals surface area contributed by atoms with Crippen LogP contribution < -0.4 is 10.4 Å². The van der Waals surface area contributed by atoms with Gasteiger partial charge in [-0.15, -0.1) is 11.3 Å².